The molecule has 2 heterocycles. The molecule has 2 nitrogen and oxygen atoms in total. The summed E-state index contributed by atoms with van der Waals surface area (Å²) < 4.78 is 6.29. The Balaban J connectivity index is 1.54. The van der Waals surface area contributed by atoms with Gasteiger partial charge in [0.2, 0.25) is 0 Å². The molecule has 0 radical (unpaired) electrons. The first-order valence-electron chi connectivity index (χ1n) is 6.79. The van der Waals surface area contributed by atoms with Crippen molar-refractivity contribution in [3.05, 3.63) is 45.0 Å². The molecular formula is C15H18ClNOS. The van der Waals surface area contributed by atoms with Crippen LogP contribution in [-0.4, -0.2) is 6.04 Å². The van der Waals surface area contributed by atoms with E-state index in [4.69, 9.17) is 16.0 Å². The molecule has 1 N–H and O–H groups in total. The Hall–Kier alpha value is -0.770. The number of fused-ring (bicyclic) bond motifs is 1. The van der Waals surface area contributed by atoms with E-state index in [-0.39, 0.29) is 0 Å². The minimum absolute atomic E-state index is 0.477. The fourth-order valence-electron chi connectivity index (χ4n) is 2.74. The summed E-state index contributed by atoms with van der Waals surface area (Å²) in [6.45, 7) is 2.24. The van der Waals surface area contributed by atoms with E-state index in [1.165, 1.54) is 16.9 Å². The van der Waals surface area contributed by atoms with Crippen LogP contribution in [0.5, 0.6) is 0 Å². The van der Waals surface area contributed by atoms with Crippen molar-refractivity contribution in [1.82, 2.24) is 5.32 Å². The van der Waals surface area contributed by atoms with Crippen LogP contribution in [0.3, 0.4) is 0 Å². The molecule has 0 aromatic carbocycles. The second-order valence-corrected chi connectivity index (χ2v) is 6.97. The lowest BCUT2D eigenvalue weighted by Crippen LogP contribution is -2.29. The molecule has 0 spiro atoms. The average molecular weight is 296 g/mol. The standard InChI is InChI=1S/C15H18ClNOS/c1-10(4-5-11-3-2-8-18-11)17-13-6-7-14-12(13)9-15(16)19-14/h2-3,8-10,13,17H,4-7H2,1H3. The van der Waals surface area contributed by atoms with Crippen LogP contribution in [0.15, 0.2) is 28.9 Å². The smallest absolute Gasteiger partial charge is 0.103 e. The molecule has 0 aliphatic heterocycles. The highest BCUT2D eigenvalue weighted by molar-refractivity contribution is 7.16. The van der Waals surface area contributed by atoms with Gasteiger partial charge in [0.25, 0.3) is 0 Å². The van der Waals surface area contributed by atoms with Crippen LogP contribution < -0.4 is 5.32 Å². The summed E-state index contributed by atoms with van der Waals surface area (Å²) in [5, 5.41) is 3.72. The van der Waals surface area contributed by atoms with Crippen molar-refractivity contribution in [2.75, 3.05) is 0 Å². The van der Waals surface area contributed by atoms with E-state index in [1.54, 1.807) is 17.6 Å². The molecular weight excluding hydrogens is 278 g/mol. The van der Waals surface area contributed by atoms with Gasteiger partial charge < -0.3 is 9.73 Å². The Morgan fingerprint density at radius 2 is 2.47 bits per heavy atom. The Bertz CT molecular complexity index is 534. The predicted octanol–water partition coefficient (Wildman–Crippen LogP) is 4.59. The number of hydrogen-bond donors (Lipinski definition) is 1. The second-order valence-electron chi connectivity index (χ2n) is 5.21. The van der Waals surface area contributed by atoms with Crippen LogP contribution in [0.25, 0.3) is 0 Å². The van der Waals surface area contributed by atoms with Gasteiger partial charge in [-0.1, -0.05) is 11.6 Å². The minimum atomic E-state index is 0.477. The molecule has 0 bridgehead atoms. The lowest BCUT2D eigenvalue weighted by Gasteiger charge is -2.19. The number of aryl methyl sites for hydroxylation is 2. The van der Waals surface area contributed by atoms with E-state index >= 15 is 0 Å². The summed E-state index contributed by atoms with van der Waals surface area (Å²) in [5.41, 5.74) is 1.42. The first kappa shape index (κ1) is 13.2. The zero-order valence-corrected chi connectivity index (χ0v) is 12.6. The molecule has 4 heteroatoms. The normalized spacial score (nSPS) is 19.6. The predicted molar refractivity (Wildman–Crippen MR) is 80.0 cm³/mol. The third-order valence-electron chi connectivity index (χ3n) is 3.74. The maximum Gasteiger partial charge on any atom is 0.103 e. The summed E-state index contributed by atoms with van der Waals surface area (Å²) in [6, 6.07) is 7.08. The molecule has 2 aromatic rings. The molecule has 2 aromatic heterocycles. The van der Waals surface area contributed by atoms with Gasteiger partial charge in [0.1, 0.15) is 5.76 Å². The highest BCUT2D eigenvalue weighted by atomic mass is 35.5. The van der Waals surface area contributed by atoms with Gasteiger partial charge in [-0.25, -0.2) is 0 Å². The van der Waals surface area contributed by atoms with Gasteiger partial charge >= 0.3 is 0 Å². The molecule has 0 fully saturated rings. The van der Waals surface area contributed by atoms with Crippen LogP contribution in [0, 0.1) is 0 Å². The highest BCUT2D eigenvalue weighted by Gasteiger charge is 2.25. The van der Waals surface area contributed by atoms with Crippen molar-refractivity contribution < 1.29 is 4.42 Å². The number of furan rings is 1. The zero-order valence-electron chi connectivity index (χ0n) is 11.0. The van der Waals surface area contributed by atoms with Crippen molar-refractivity contribution in [2.45, 2.75) is 44.7 Å². The fraction of sp³-hybridized carbons (Fsp3) is 0.467. The summed E-state index contributed by atoms with van der Waals surface area (Å²) >= 11 is 7.82. The van der Waals surface area contributed by atoms with Crippen molar-refractivity contribution in [1.29, 1.82) is 0 Å². The summed E-state index contributed by atoms with van der Waals surface area (Å²) in [5.74, 6) is 1.07. The molecule has 3 rings (SSSR count). The minimum Gasteiger partial charge on any atom is -0.469 e. The second kappa shape index (κ2) is 5.70. The largest absolute Gasteiger partial charge is 0.469 e. The van der Waals surface area contributed by atoms with Crippen LogP contribution in [0.4, 0.5) is 0 Å². The number of nitrogens with one attached hydrogen (secondary N) is 1. The number of hydrogen-bond acceptors (Lipinski definition) is 3. The Kier molecular flexibility index (Phi) is 3.96. The molecule has 2 unspecified atom stereocenters. The summed E-state index contributed by atoms with van der Waals surface area (Å²) in [6.07, 6.45) is 6.19. The van der Waals surface area contributed by atoms with E-state index in [2.05, 4.69) is 18.3 Å². The lowest BCUT2D eigenvalue weighted by molar-refractivity contribution is 0.416. The maximum absolute atomic E-state index is 6.09. The van der Waals surface area contributed by atoms with Gasteiger partial charge in [-0.15, -0.1) is 11.3 Å². The molecule has 1 aliphatic rings. The maximum atomic E-state index is 6.09. The number of thiophene rings is 1. The average Bonchev–Trinajstić information content (AvgIpc) is 3.06. The monoisotopic (exact) mass is 295 g/mol. The van der Waals surface area contributed by atoms with Crippen LogP contribution in [0.2, 0.25) is 4.34 Å². The molecule has 1 aliphatic carbocycles. The topological polar surface area (TPSA) is 25.2 Å². The van der Waals surface area contributed by atoms with Gasteiger partial charge in [0, 0.05) is 23.4 Å². The Labute approximate surface area is 122 Å². The molecule has 102 valence electrons. The van der Waals surface area contributed by atoms with E-state index in [1.807, 2.05) is 12.1 Å². The van der Waals surface area contributed by atoms with Gasteiger partial charge in [-0.3, -0.25) is 0 Å². The van der Waals surface area contributed by atoms with Crippen LogP contribution in [0.1, 0.15) is 42.0 Å². The molecule has 0 amide bonds. The first-order valence-corrected chi connectivity index (χ1v) is 7.98. The van der Waals surface area contributed by atoms with Gasteiger partial charge in [0.05, 0.1) is 10.6 Å². The van der Waals surface area contributed by atoms with Crippen LogP contribution >= 0.6 is 22.9 Å². The zero-order chi connectivity index (χ0) is 13.2. The van der Waals surface area contributed by atoms with Crippen molar-refractivity contribution >= 4 is 22.9 Å². The SMILES string of the molecule is CC(CCc1ccco1)NC1CCc2sc(Cl)cc21. The molecule has 19 heavy (non-hydrogen) atoms. The van der Waals surface area contributed by atoms with Crippen molar-refractivity contribution in [2.24, 2.45) is 0 Å². The molecule has 2 atom stereocenters. The summed E-state index contributed by atoms with van der Waals surface area (Å²) in [7, 11) is 0. The van der Waals surface area contributed by atoms with E-state index in [0.717, 1.165) is 29.4 Å². The molecule has 0 saturated carbocycles. The van der Waals surface area contributed by atoms with Crippen molar-refractivity contribution in [3.63, 3.8) is 0 Å². The third kappa shape index (κ3) is 3.04. The van der Waals surface area contributed by atoms with Gasteiger partial charge in [0.15, 0.2) is 0 Å². The van der Waals surface area contributed by atoms with E-state index in [0.29, 0.717) is 12.1 Å². The Morgan fingerprint density at radius 3 is 3.26 bits per heavy atom. The summed E-state index contributed by atoms with van der Waals surface area (Å²) in [4.78, 5) is 1.46. The quantitative estimate of drug-likeness (QED) is 0.872. The van der Waals surface area contributed by atoms with Gasteiger partial charge in [-0.05, 0) is 49.9 Å². The van der Waals surface area contributed by atoms with Crippen LogP contribution in [-0.2, 0) is 12.8 Å². The third-order valence-corrected chi connectivity index (χ3v) is 5.08. The van der Waals surface area contributed by atoms with E-state index < -0.39 is 0 Å². The fourth-order valence-corrected chi connectivity index (χ4v) is 4.10. The van der Waals surface area contributed by atoms with Gasteiger partial charge in [-0.2, -0.15) is 0 Å². The number of halogens is 1. The number of rotatable bonds is 5. The molecule has 0 saturated heterocycles. The Morgan fingerprint density at radius 1 is 1.58 bits per heavy atom. The van der Waals surface area contributed by atoms with E-state index in [9.17, 15) is 0 Å². The highest BCUT2D eigenvalue weighted by Crippen LogP contribution is 2.39. The lowest BCUT2D eigenvalue weighted by atomic mass is 10.1. The first-order chi connectivity index (χ1) is 9.22. The van der Waals surface area contributed by atoms with Crippen molar-refractivity contribution in [3.8, 4) is 0 Å².